The summed E-state index contributed by atoms with van der Waals surface area (Å²) in [5, 5.41) is 62.3. The number of aliphatic hydroxyl groups excluding tert-OH is 6. The molecule has 0 aromatic carbocycles. The summed E-state index contributed by atoms with van der Waals surface area (Å²) < 4.78 is 9.84. The normalized spacial score (nSPS) is 45.7. The molecule has 162 valence electrons. The van der Waals surface area contributed by atoms with E-state index >= 15 is 0 Å². The van der Waals surface area contributed by atoms with Gasteiger partial charge < -0.3 is 40.1 Å². The second-order valence-electron chi connectivity index (χ2n) is 6.93. The summed E-state index contributed by atoms with van der Waals surface area (Å²) in [7, 11) is 0. The van der Waals surface area contributed by atoms with Crippen molar-refractivity contribution in [3.05, 3.63) is 22.8 Å². The third kappa shape index (κ3) is 3.46. The van der Waals surface area contributed by atoms with Gasteiger partial charge in [-0.15, -0.1) is 0 Å². The molecule has 3 aliphatic rings. The number of nitrogens with zero attached hydrogens (tertiary/aromatic N) is 1. The smallest absolute Gasteiger partial charge is 0.394 e. The third-order valence-electron chi connectivity index (χ3n) is 5.31. The molecule has 3 heterocycles. The van der Waals surface area contributed by atoms with Gasteiger partial charge in [0.25, 0.3) is 5.91 Å². The van der Waals surface area contributed by atoms with E-state index in [4.69, 9.17) is 9.47 Å². The maximum atomic E-state index is 13.0. The van der Waals surface area contributed by atoms with Gasteiger partial charge in [-0.3, -0.25) is 4.79 Å². The van der Waals surface area contributed by atoms with Crippen LogP contribution in [0, 0.1) is 0 Å². The van der Waals surface area contributed by atoms with Crippen LogP contribution in [0.25, 0.3) is 0 Å². The van der Waals surface area contributed by atoms with Crippen LogP contribution in [0.1, 0.15) is 0 Å². The van der Waals surface area contributed by atoms with Crippen LogP contribution in [-0.4, -0.2) is 109 Å². The Hall–Kier alpha value is -1.26. The fraction of sp³-hybridized carbons (Fsp3) is 0.625. The number of carbonyl (C=O) groups excluding carboxylic acids is 2. The Bertz CT molecular complexity index is 700. The van der Waals surface area contributed by atoms with Gasteiger partial charge in [0, 0.05) is 0 Å². The number of urea groups is 1. The summed E-state index contributed by atoms with van der Waals surface area (Å²) in [5.74, 6) is -0.780. The van der Waals surface area contributed by atoms with Crippen LogP contribution >= 0.6 is 15.9 Å². The van der Waals surface area contributed by atoms with Gasteiger partial charge in [-0.05, 0) is 11.1 Å². The molecular formula is C16H22BrN2O10+. The van der Waals surface area contributed by atoms with E-state index in [1.165, 1.54) is 11.1 Å². The minimum Gasteiger partial charge on any atom is -0.394 e. The van der Waals surface area contributed by atoms with E-state index in [0.717, 1.165) is 6.20 Å². The number of nitrogens with one attached hydrogen (secondary N) is 1. The first-order valence-electron chi connectivity index (χ1n) is 8.71. The summed E-state index contributed by atoms with van der Waals surface area (Å²) in [6.45, 7) is -1.35. The van der Waals surface area contributed by atoms with Crippen molar-refractivity contribution in [2.24, 2.45) is 0 Å². The Labute approximate surface area is 173 Å². The maximum Gasteiger partial charge on any atom is 0.432 e. The first kappa shape index (κ1) is 22.4. The van der Waals surface area contributed by atoms with Crippen molar-refractivity contribution in [1.29, 1.82) is 0 Å². The van der Waals surface area contributed by atoms with Crippen LogP contribution < -0.4 is 5.32 Å². The highest BCUT2D eigenvalue weighted by molar-refractivity contribution is 9.11. The summed E-state index contributed by atoms with van der Waals surface area (Å²) in [6, 6.07) is -1.06. The van der Waals surface area contributed by atoms with Gasteiger partial charge in [-0.1, -0.05) is 15.9 Å². The van der Waals surface area contributed by atoms with E-state index in [0.29, 0.717) is 0 Å². The first-order valence-corrected chi connectivity index (χ1v) is 9.63. The molecule has 2 unspecified atom stereocenters. The average molecular weight is 482 g/mol. The van der Waals surface area contributed by atoms with E-state index in [9.17, 15) is 40.2 Å². The Balaban J connectivity index is 2.17. The number of ether oxygens (including phenoxy) is 2. The molecule has 7 N–H and O–H groups in total. The molecule has 0 spiro atoms. The molecule has 9 atom stereocenters. The van der Waals surface area contributed by atoms with Gasteiger partial charge in [0.1, 0.15) is 30.6 Å². The molecule has 0 aromatic heterocycles. The molecule has 3 amide bonds. The van der Waals surface area contributed by atoms with Crippen LogP contribution in [0.3, 0.4) is 0 Å². The first-order chi connectivity index (χ1) is 13.7. The second kappa shape index (κ2) is 8.47. The number of imide groups is 1. The minimum atomic E-state index is -1.72. The SMILES string of the molecule is O=C1NC(=O)[N+](C2O[C@H](CO)[C@@H](O)[C@@H]2O)([C@@H]2O[C@H](CO)[C@@H](O)[C@H]2O)C=C1C=CBr. The lowest BCUT2D eigenvalue weighted by Gasteiger charge is -2.43. The van der Waals surface area contributed by atoms with Gasteiger partial charge in [-0.2, -0.15) is 4.48 Å². The van der Waals surface area contributed by atoms with Crippen LogP contribution in [0.15, 0.2) is 22.8 Å². The van der Waals surface area contributed by atoms with E-state index in [1.54, 1.807) is 0 Å². The summed E-state index contributed by atoms with van der Waals surface area (Å²) >= 11 is 3.02. The van der Waals surface area contributed by atoms with Gasteiger partial charge in [0.05, 0.1) is 18.8 Å². The van der Waals surface area contributed by atoms with Gasteiger partial charge in [-0.25, -0.2) is 10.1 Å². The Morgan fingerprint density at radius 1 is 0.966 bits per heavy atom. The van der Waals surface area contributed by atoms with Crippen molar-refractivity contribution in [1.82, 2.24) is 5.32 Å². The lowest BCUT2D eigenvalue weighted by atomic mass is 10.0. The average Bonchev–Trinajstić information content (AvgIpc) is 3.15. The van der Waals surface area contributed by atoms with Crippen LogP contribution in [0.4, 0.5) is 4.79 Å². The highest BCUT2D eigenvalue weighted by Gasteiger charge is 2.67. The van der Waals surface area contributed by atoms with E-state index in [1.807, 2.05) is 0 Å². The van der Waals surface area contributed by atoms with Gasteiger partial charge >= 0.3 is 6.03 Å². The molecule has 0 saturated carbocycles. The number of amides is 3. The number of halogens is 1. The lowest BCUT2D eigenvalue weighted by Crippen LogP contribution is -2.72. The topological polar surface area (TPSA) is 186 Å². The fourth-order valence-corrected chi connectivity index (χ4v) is 4.07. The quantitative estimate of drug-likeness (QED) is 0.196. The molecule has 0 radical (unpaired) electrons. The van der Waals surface area contributed by atoms with Crippen molar-refractivity contribution < 1.29 is 54.2 Å². The van der Waals surface area contributed by atoms with Crippen molar-refractivity contribution in [2.45, 2.75) is 49.1 Å². The number of quaternary nitrogens is 1. The van der Waals surface area contributed by atoms with Gasteiger partial charge in [0.2, 0.25) is 12.5 Å². The molecule has 3 aliphatic heterocycles. The van der Waals surface area contributed by atoms with Crippen LogP contribution in [0.2, 0.25) is 0 Å². The monoisotopic (exact) mass is 481 g/mol. The number of hydrogen-bond acceptors (Lipinski definition) is 10. The van der Waals surface area contributed by atoms with Crippen molar-refractivity contribution in [3.63, 3.8) is 0 Å². The highest BCUT2D eigenvalue weighted by atomic mass is 79.9. The van der Waals surface area contributed by atoms with Crippen molar-refractivity contribution in [2.75, 3.05) is 13.2 Å². The maximum absolute atomic E-state index is 13.0. The highest BCUT2D eigenvalue weighted by Crippen LogP contribution is 2.40. The molecule has 0 aromatic rings. The predicted molar refractivity (Wildman–Crippen MR) is 95.5 cm³/mol. The van der Waals surface area contributed by atoms with Crippen molar-refractivity contribution >= 4 is 27.9 Å². The molecule has 2 fully saturated rings. The minimum absolute atomic E-state index is 0.0723. The molecule has 12 nitrogen and oxygen atoms in total. The Morgan fingerprint density at radius 3 is 1.83 bits per heavy atom. The molecule has 0 bridgehead atoms. The predicted octanol–water partition coefficient (Wildman–Crippen LogP) is -3.28. The Kier molecular flexibility index (Phi) is 6.55. The van der Waals surface area contributed by atoms with Crippen LogP contribution in [-0.2, 0) is 14.3 Å². The van der Waals surface area contributed by atoms with Crippen molar-refractivity contribution in [3.8, 4) is 0 Å². The molecule has 0 aliphatic carbocycles. The zero-order valence-electron chi connectivity index (χ0n) is 14.9. The fourth-order valence-electron chi connectivity index (χ4n) is 3.79. The zero-order chi connectivity index (χ0) is 21.5. The third-order valence-corrected chi connectivity index (χ3v) is 5.57. The molecule has 2 saturated heterocycles. The zero-order valence-corrected chi connectivity index (χ0v) is 16.5. The van der Waals surface area contributed by atoms with E-state index in [-0.39, 0.29) is 5.57 Å². The summed E-state index contributed by atoms with van der Waals surface area (Å²) in [4.78, 5) is 26.5. The van der Waals surface area contributed by atoms with E-state index < -0.39 is 78.7 Å². The molecule has 29 heavy (non-hydrogen) atoms. The Morgan fingerprint density at radius 2 is 1.45 bits per heavy atom. The van der Waals surface area contributed by atoms with E-state index in [2.05, 4.69) is 21.2 Å². The number of carbonyl (C=O) groups is 2. The lowest BCUT2D eigenvalue weighted by molar-refractivity contribution is -0.904. The molecular weight excluding hydrogens is 460 g/mol. The molecule has 13 heteroatoms. The summed E-state index contributed by atoms with van der Waals surface area (Å²) in [5.41, 5.74) is -0.0723. The number of aliphatic hydroxyl groups is 6. The second-order valence-corrected chi connectivity index (χ2v) is 7.46. The molecule has 3 rings (SSSR count). The standard InChI is InChI=1S/C16H21BrN2O10/c17-2-1-6-3-19(16(27)18-13(6)26,14-11(24)9(22)7(4-20)28-14)15-12(25)10(23)8(5-21)29-15/h1-3,7-12,14-15,20-25H,4-5H2/p+1/t7-,8-,9-,10-,11-,12+,14-,15?,19?/m1/s1. The summed E-state index contributed by atoms with van der Waals surface area (Å²) in [6.07, 6.45) is -9.98. The number of hydrogen-bond donors (Lipinski definition) is 7. The van der Waals surface area contributed by atoms with Crippen LogP contribution in [0.5, 0.6) is 0 Å². The van der Waals surface area contributed by atoms with Gasteiger partial charge in [0.15, 0.2) is 12.2 Å². The largest absolute Gasteiger partial charge is 0.432 e. The number of rotatable bonds is 5.